The summed E-state index contributed by atoms with van der Waals surface area (Å²) in [7, 11) is 0. The van der Waals surface area contributed by atoms with E-state index < -0.39 is 11.7 Å². The van der Waals surface area contributed by atoms with Crippen LogP contribution in [0.5, 0.6) is 0 Å². The van der Waals surface area contributed by atoms with E-state index >= 15 is 0 Å². The molecular weight excluding hydrogens is 379 g/mol. The molecule has 3 nitrogen and oxygen atoms in total. The van der Waals surface area contributed by atoms with Crippen LogP contribution in [0.2, 0.25) is 0 Å². The number of nitrogens with two attached hydrogens (primary N) is 1. The third kappa shape index (κ3) is 3.13. The molecule has 0 saturated heterocycles. The number of anilines is 2. The summed E-state index contributed by atoms with van der Waals surface area (Å²) in [5.74, 6) is -1.12. The Morgan fingerprint density at radius 2 is 1.89 bits per heavy atom. The molecule has 2 rings (SSSR count). The van der Waals surface area contributed by atoms with E-state index in [1.165, 1.54) is 12.1 Å². The van der Waals surface area contributed by atoms with Crippen molar-refractivity contribution in [1.29, 1.82) is 0 Å². The van der Waals surface area contributed by atoms with Gasteiger partial charge in [-0.1, -0.05) is 6.07 Å². The molecule has 19 heavy (non-hydrogen) atoms. The van der Waals surface area contributed by atoms with Gasteiger partial charge in [-0.2, -0.15) is 0 Å². The molecule has 0 bridgehead atoms. The third-order valence-electron chi connectivity index (χ3n) is 2.45. The summed E-state index contributed by atoms with van der Waals surface area (Å²) in [6, 6.07) is 9.52. The molecule has 0 radical (unpaired) electrons. The molecule has 0 aromatic heterocycles. The summed E-state index contributed by atoms with van der Waals surface area (Å²) in [6.45, 7) is 0. The van der Waals surface area contributed by atoms with Gasteiger partial charge in [-0.3, -0.25) is 4.79 Å². The van der Waals surface area contributed by atoms with Crippen molar-refractivity contribution in [2.24, 2.45) is 0 Å². The van der Waals surface area contributed by atoms with Crippen molar-refractivity contribution in [1.82, 2.24) is 0 Å². The number of halogens is 3. The molecule has 2 aromatic rings. The number of carbonyl (C=O) groups excluding carboxylic acids is 1. The molecule has 0 atom stereocenters. The van der Waals surface area contributed by atoms with Gasteiger partial charge in [-0.05, 0) is 62.2 Å². The zero-order valence-corrected chi connectivity index (χ0v) is 12.8. The van der Waals surface area contributed by atoms with Crippen molar-refractivity contribution >= 4 is 49.1 Å². The van der Waals surface area contributed by atoms with Crippen molar-refractivity contribution in [3.05, 3.63) is 56.7 Å². The summed E-state index contributed by atoms with van der Waals surface area (Å²) in [4.78, 5) is 12.0. The van der Waals surface area contributed by atoms with Crippen molar-refractivity contribution in [2.45, 2.75) is 0 Å². The third-order valence-corrected chi connectivity index (χ3v) is 3.78. The molecule has 98 valence electrons. The number of benzene rings is 2. The van der Waals surface area contributed by atoms with Gasteiger partial charge < -0.3 is 11.1 Å². The van der Waals surface area contributed by atoms with E-state index in [0.717, 1.165) is 4.47 Å². The molecule has 1 amide bonds. The lowest BCUT2D eigenvalue weighted by Crippen LogP contribution is -2.14. The van der Waals surface area contributed by atoms with Crippen LogP contribution >= 0.6 is 31.9 Å². The van der Waals surface area contributed by atoms with Crippen LogP contribution in [0.25, 0.3) is 0 Å². The minimum atomic E-state index is -0.593. The Morgan fingerprint density at radius 1 is 1.16 bits per heavy atom. The Kier molecular flexibility index (Phi) is 4.21. The van der Waals surface area contributed by atoms with Gasteiger partial charge >= 0.3 is 0 Å². The normalized spacial score (nSPS) is 10.3. The zero-order valence-electron chi connectivity index (χ0n) is 9.58. The van der Waals surface area contributed by atoms with Gasteiger partial charge in [-0.15, -0.1) is 0 Å². The number of nitrogen functional groups attached to an aromatic ring is 1. The summed E-state index contributed by atoms with van der Waals surface area (Å²) >= 11 is 6.30. The first-order chi connectivity index (χ1) is 8.99. The molecule has 3 N–H and O–H groups in total. The quantitative estimate of drug-likeness (QED) is 0.759. The first-order valence-corrected chi connectivity index (χ1v) is 6.88. The summed E-state index contributed by atoms with van der Waals surface area (Å²) in [6.07, 6.45) is 0. The molecule has 0 aliphatic heterocycles. The second kappa shape index (κ2) is 5.71. The highest BCUT2D eigenvalue weighted by Crippen LogP contribution is 2.24. The summed E-state index contributed by atoms with van der Waals surface area (Å²) in [5.41, 5.74) is 6.68. The molecular formula is C13H9Br2FN2O. The lowest BCUT2D eigenvalue weighted by molar-refractivity contribution is 0.102. The van der Waals surface area contributed by atoms with E-state index in [2.05, 4.69) is 37.2 Å². The largest absolute Gasteiger partial charge is 0.398 e. The molecule has 0 heterocycles. The first kappa shape index (κ1) is 14.0. The van der Waals surface area contributed by atoms with Crippen LogP contribution in [-0.2, 0) is 0 Å². The van der Waals surface area contributed by atoms with E-state index in [1.54, 1.807) is 24.3 Å². The van der Waals surface area contributed by atoms with Gasteiger partial charge in [-0.25, -0.2) is 4.39 Å². The molecule has 0 aliphatic rings. The fourth-order valence-electron chi connectivity index (χ4n) is 1.50. The second-order valence-corrected chi connectivity index (χ2v) is 5.50. The average Bonchev–Trinajstić information content (AvgIpc) is 2.37. The van der Waals surface area contributed by atoms with Crippen molar-refractivity contribution < 1.29 is 9.18 Å². The average molecular weight is 388 g/mol. The maximum atomic E-state index is 13.8. The van der Waals surface area contributed by atoms with Gasteiger partial charge in [0.05, 0.1) is 10.0 Å². The topological polar surface area (TPSA) is 55.1 Å². The van der Waals surface area contributed by atoms with E-state index in [9.17, 15) is 9.18 Å². The van der Waals surface area contributed by atoms with Crippen LogP contribution in [0.1, 0.15) is 10.4 Å². The van der Waals surface area contributed by atoms with Crippen LogP contribution in [-0.4, -0.2) is 5.91 Å². The molecule has 6 heteroatoms. The molecule has 0 spiro atoms. The lowest BCUT2D eigenvalue weighted by Gasteiger charge is -2.08. The minimum absolute atomic E-state index is 0.0316. The second-order valence-electron chi connectivity index (χ2n) is 3.79. The first-order valence-electron chi connectivity index (χ1n) is 5.29. The predicted molar refractivity (Wildman–Crippen MR) is 80.6 cm³/mol. The molecule has 0 unspecified atom stereocenters. The van der Waals surface area contributed by atoms with E-state index in [-0.39, 0.29) is 10.0 Å². The maximum Gasteiger partial charge on any atom is 0.258 e. The number of hydrogen-bond acceptors (Lipinski definition) is 2. The van der Waals surface area contributed by atoms with E-state index in [1.807, 2.05) is 0 Å². The number of amides is 1. The Morgan fingerprint density at radius 3 is 2.58 bits per heavy atom. The highest BCUT2D eigenvalue weighted by Gasteiger charge is 2.14. The highest BCUT2D eigenvalue weighted by molar-refractivity contribution is 9.10. The standard InChI is InChI=1S/C13H9Br2FN2O/c14-9-5-4-7(6-11(9)17)18-13(19)8-2-1-3-10(15)12(8)16/h1-6H,17H2,(H,18,19). The minimum Gasteiger partial charge on any atom is -0.398 e. The smallest absolute Gasteiger partial charge is 0.258 e. The Labute approximate surface area is 126 Å². The number of carbonyl (C=O) groups is 1. The number of rotatable bonds is 2. The molecule has 2 aromatic carbocycles. The van der Waals surface area contributed by atoms with Gasteiger partial charge in [0.1, 0.15) is 5.82 Å². The SMILES string of the molecule is Nc1cc(NC(=O)c2cccc(Br)c2F)ccc1Br. The number of nitrogens with one attached hydrogen (secondary N) is 1. The van der Waals surface area contributed by atoms with Crippen molar-refractivity contribution in [3.8, 4) is 0 Å². The van der Waals surface area contributed by atoms with Crippen LogP contribution in [0.3, 0.4) is 0 Å². The Balaban J connectivity index is 2.26. The fourth-order valence-corrected chi connectivity index (χ4v) is 2.11. The Hall–Kier alpha value is -1.40. The van der Waals surface area contributed by atoms with Crippen LogP contribution in [0.15, 0.2) is 45.3 Å². The van der Waals surface area contributed by atoms with Crippen LogP contribution in [0.4, 0.5) is 15.8 Å². The zero-order chi connectivity index (χ0) is 14.0. The predicted octanol–water partition coefficient (Wildman–Crippen LogP) is 4.19. The van der Waals surface area contributed by atoms with Gasteiger partial charge in [0, 0.05) is 15.8 Å². The highest BCUT2D eigenvalue weighted by atomic mass is 79.9. The van der Waals surface area contributed by atoms with Crippen molar-refractivity contribution in [2.75, 3.05) is 11.1 Å². The van der Waals surface area contributed by atoms with Crippen molar-refractivity contribution in [3.63, 3.8) is 0 Å². The molecule has 0 aliphatic carbocycles. The monoisotopic (exact) mass is 386 g/mol. The summed E-state index contributed by atoms with van der Waals surface area (Å²) < 4.78 is 14.7. The van der Waals surface area contributed by atoms with E-state index in [0.29, 0.717) is 11.4 Å². The van der Waals surface area contributed by atoms with Crippen LogP contribution < -0.4 is 11.1 Å². The Bertz CT molecular complexity index is 647. The molecule has 0 saturated carbocycles. The van der Waals surface area contributed by atoms with E-state index in [4.69, 9.17) is 5.73 Å². The number of hydrogen-bond donors (Lipinski definition) is 2. The fraction of sp³-hybridized carbons (Fsp3) is 0. The summed E-state index contributed by atoms with van der Waals surface area (Å²) in [5, 5.41) is 2.59. The maximum absolute atomic E-state index is 13.8. The van der Waals surface area contributed by atoms with Crippen LogP contribution in [0, 0.1) is 5.82 Å². The lowest BCUT2D eigenvalue weighted by atomic mass is 10.2. The van der Waals surface area contributed by atoms with Gasteiger partial charge in [0.15, 0.2) is 0 Å². The van der Waals surface area contributed by atoms with Gasteiger partial charge in [0.2, 0.25) is 0 Å². The molecule has 0 fully saturated rings. The van der Waals surface area contributed by atoms with Gasteiger partial charge in [0.25, 0.3) is 5.91 Å².